The first-order valence-corrected chi connectivity index (χ1v) is 8.44. The van der Waals surface area contributed by atoms with Crippen molar-refractivity contribution in [1.82, 2.24) is 10.3 Å². The molecule has 2 atom stereocenters. The first kappa shape index (κ1) is 17.9. The quantitative estimate of drug-likeness (QED) is 0.844. The van der Waals surface area contributed by atoms with E-state index in [1.807, 2.05) is 6.07 Å². The molecule has 0 saturated carbocycles. The van der Waals surface area contributed by atoms with E-state index in [4.69, 9.17) is 37.8 Å². The highest BCUT2D eigenvalue weighted by Crippen LogP contribution is 2.31. The Labute approximate surface area is 154 Å². The average molecular weight is 383 g/mol. The zero-order chi connectivity index (χ0) is 17.8. The van der Waals surface area contributed by atoms with Crippen molar-refractivity contribution in [3.05, 3.63) is 57.7 Å². The average Bonchev–Trinajstić information content (AvgIpc) is 2.83. The Morgan fingerprint density at radius 3 is 2.88 bits per heavy atom. The Morgan fingerprint density at radius 1 is 1.28 bits per heavy atom. The number of nitrogens with one attached hydrogen (secondary N) is 1. The van der Waals surface area contributed by atoms with Crippen LogP contribution in [0.5, 0.6) is 5.88 Å². The Bertz CT molecular complexity index is 772. The number of hydrogen-bond donors (Lipinski definition) is 2. The molecule has 0 bridgehead atoms. The van der Waals surface area contributed by atoms with Gasteiger partial charge in [0, 0.05) is 19.2 Å². The molecule has 1 aliphatic heterocycles. The Balaban J connectivity index is 1.86. The minimum Gasteiger partial charge on any atom is -0.477 e. The van der Waals surface area contributed by atoms with Crippen molar-refractivity contribution in [1.29, 1.82) is 0 Å². The van der Waals surface area contributed by atoms with Crippen LogP contribution < -0.4 is 10.1 Å². The monoisotopic (exact) mass is 382 g/mol. The summed E-state index contributed by atoms with van der Waals surface area (Å²) in [6.45, 7) is 1.71. The summed E-state index contributed by atoms with van der Waals surface area (Å²) in [6.07, 6.45) is -0.795. The van der Waals surface area contributed by atoms with Crippen molar-refractivity contribution < 1.29 is 19.4 Å². The fourth-order valence-electron chi connectivity index (χ4n) is 2.58. The number of aromatic nitrogens is 1. The van der Waals surface area contributed by atoms with Crippen molar-refractivity contribution in [2.75, 3.05) is 19.7 Å². The first-order chi connectivity index (χ1) is 12.0. The standard InChI is InChI=1S/C17H16Cl2N2O4/c18-11-5-4-10(8-12(11)19)16-14(9-20-6-7-24-16)25-15-3-1-2-13(21-15)17(22)23/h1-5,8,14,16,20H,6-7,9H2,(H,22,23). The van der Waals surface area contributed by atoms with Crippen LogP contribution in [0.25, 0.3) is 0 Å². The molecule has 132 valence electrons. The SMILES string of the molecule is O=C(O)c1cccc(OC2CNCCOC2c2ccc(Cl)c(Cl)c2)n1. The lowest BCUT2D eigenvalue weighted by molar-refractivity contribution is -0.0101. The van der Waals surface area contributed by atoms with Gasteiger partial charge in [0.25, 0.3) is 0 Å². The number of rotatable bonds is 4. The highest BCUT2D eigenvalue weighted by atomic mass is 35.5. The van der Waals surface area contributed by atoms with Crippen molar-refractivity contribution in [2.45, 2.75) is 12.2 Å². The third kappa shape index (κ3) is 4.41. The van der Waals surface area contributed by atoms with Gasteiger partial charge in [0.15, 0.2) is 5.69 Å². The number of pyridine rings is 1. The van der Waals surface area contributed by atoms with E-state index in [-0.39, 0.29) is 17.7 Å². The second-order valence-electron chi connectivity index (χ2n) is 5.49. The molecule has 0 spiro atoms. The number of carboxylic acid groups (broad SMARTS) is 1. The van der Waals surface area contributed by atoms with Gasteiger partial charge in [-0.15, -0.1) is 0 Å². The molecule has 2 aromatic rings. The number of carbonyl (C=O) groups is 1. The summed E-state index contributed by atoms with van der Waals surface area (Å²) in [4.78, 5) is 15.1. The van der Waals surface area contributed by atoms with E-state index in [1.54, 1.807) is 24.3 Å². The molecule has 1 fully saturated rings. The zero-order valence-corrected chi connectivity index (χ0v) is 14.6. The fraction of sp³-hybridized carbons (Fsp3) is 0.294. The van der Waals surface area contributed by atoms with Gasteiger partial charge in [0.2, 0.25) is 5.88 Å². The van der Waals surface area contributed by atoms with Crippen LogP contribution >= 0.6 is 23.2 Å². The Kier molecular flexibility index (Phi) is 5.75. The second-order valence-corrected chi connectivity index (χ2v) is 6.31. The van der Waals surface area contributed by atoms with Crippen molar-refractivity contribution in [2.24, 2.45) is 0 Å². The molecule has 0 aliphatic carbocycles. The summed E-state index contributed by atoms with van der Waals surface area (Å²) >= 11 is 12.1. The molecule has 0 amide bonds. The van der Waals surface area contributed by atoms with Crippen LogP contribution in [0, 0.1) is 0 Å². The summed E-state index contributed by atoms with van der Waals surface area (Å²) in [7, 11) is 0. The van der Waals surface area contributed by atoms with E-state index in [0.29, 0.717) is 29.7 Å². The normalized spacial score (nSPS) is 20.7. The van der Waals surface area contributed by atoms with Gasteiger partial charge in [0.05, 0.1) is 16.7 Å². The molecule has 2 heterocycles. The van der Waals surface area contributed by atoms with Gasteiger partial charge in [0.1, 0.15) is 12.2 Å². The lowest BCUT2D eigenvalue weighted by atomic mass is 10.0. The summed E-state index contributed by atoms with van der Waals surface area (Å²) in [5, 5.41) is 13.2. The molecule has 1 aromatic heterocycles. The minimum absolute atomic E-state index is 0.0777. The van der Waals surface area contributed by atoms with Crippen LogP contribution in [0.2, 0.25) is 10.0 Å². The lowest BCUT2D eigenvalue weighted by Gasteiger charge is -2.26. The van der Waals surface area contributed by atoms with Crippen LogP contribution in [-0.2, 0) is 4.74 Å². The topological polar surface area (TPSA) is 80.7 Å². The smallest absolute Gasteiger partial charge is 0.354 e. The molecule has 8 heteroatoms. The van der Waals surface area contributed by atoms with Crippen molar-refractivity contribution in [3.63, 3.8) is 0 Å². The van der Waals surface area contributed by atoms with Gasteiger partial charge in [-0.2, -0.15) is 0 Å². The van der Waals surface area contributed by atoms with Crippen LogP contribution in [-0.4, -0.2) is 41.9 Å². The Morgan fingerprint density at radius 2 is 2.12 bits per heavy atom. The van der Waals surface area contributed by atoms with Crippen molar-refractivity contribution in [3.8, 4) is 5.88 Å². The third-order valence-electron chi connectivity index (χ3n) is 3.75. The summed E-state index contributed by atoms with van der Waals surface area (Å²) in [5.41, 5.74) is 0.753. The van der Waals surface area contributed by atoms with Gasteiger partial charge >= 0.3 is 5.97 Å². The van der Waals surface area contributed by atoms with Crippen LogP contribution in [0.1, 0.15) is 22.2 Å². The fourth-order valence-corrected chi connectivity index (χ4v) is 2.88. The maximum Gasteiger partial charge on any atom is 0.354 e. The van der Waals surface area contributed by atoms with Crippen LogP contribution in [0.15, 0.2) is 36.4 Å². The van der Waals surface area contributed by atoms with E-state index >= 15 is 0 Å². The van der Waals surface area contributed by atoms with Gasteiger partial charge in [-0.1, -0.05) is 35.3 Å². The molecule has 0 radical (unpaired) electrons. The van der Waals surface area contributed by atoms with Crippen molar-refractivity contribution >= 4 is 29.2 Å². The van der Waals surface area contributed by atoms with Crippen LogP contribution in [0.4, 0.5) is 0 Å². The molecule has 25 heavy (non-hydrogen) atoms. The molecular weight excluding hydrogens is 367 g/mol. The van der Waals surface area contributed by atoms with E-state index in [9.17, 15) is 4.79 Å². The predicted molar refractivity (Wildman–Crippen MR) is 93.6 cm³/mol. The lowest BCUT2D eigenvalue weighted by Crippen LogP contribution is -2.34. The molecule has 1 saturated heterocycles. The molecule has 1 aliphatic rings. The van der Waals surface area contributed by atoms with E-state index in [0.717, 1.165) is 5.56 Å². The number of aromatic carboxylic acids is 1. The summed E-state index contributed by atoms with van der Waals surface area (Å²) in [5.74, 6) is -0.885. The van der Waals surface area contributed by atoms with E-state index in [1.165, 1.54) is 6.07 Å². The molecule has 3 rings (SSSR count). The maximum absolute atomic E-state index is 11.1. The maximum atomic E-state index is 11.1. The number of halogens is 2. The number of carboxylic acids is 1. The van der Waals surface area contributed by atoms with Gasteiger partial charge in [-0.05, 0) is 23.8 Å². The molecular formula is C17H16Cl2N2O4. The first-order valence-electron chi connectivity index (χ1n) is 7.69. The molecule has 6 nitrogen and oxygen atoms in total. The number of hydrogen-bond acceptors (Lipinski definition) is 5. The van der Waals surface area contributed by atoms with Crippen LogP contribution in [0.3, 0.4) is 0 Å². The predicted octanol–water partition coefficient (Wildman–Crippen LogP) is 3.20. The number of nitrogens with zero attached hydrogens (tertiary/aromatic N) is 1. The largest absolute Gasteiger partial charge is 0.477 e. The summed E-state index contributed by atoms with van der Waals surface area (Å²) in [6, 6.07) is 9.90. The van der Waals surface area contributed by atoms with Gasteiger partial charge in [-0.3, -0.25) is 0 Å². The second kappa shape index (κ2) is 8.01. The molecule has 1 aromatic carbocycles. The highest BCUT2D eigenvalue weighted by Gasteiger charge is 2.29. The van der Waals surface area contributed by atoms with E-state index < -0.39 is 12.1 Å². The van der Waals surface area contributed by atoms with Gasteiger partial charge in [-0.25, -0.2) is 9.78 Å². The molecule has 2 N–H and O–H groups in total. The molecule has 2 unspecified atom stereocenters. The Hall–Kier alpha value is -1.86. The third-order valence-corrected chi connectivity index (χ3v) is 4.49. The number of ether oxygens (including phenoxy) is 2. The minimum atomic E-state index is -1.11. The van der Waals surface area contributed by atoms with E-state index in [2.05, 4.69) is 10.3 Å². The zero-order valence-electron chi connectivity index (χ0n) is 13.1. The van der Waals surface area contributed by atoms with Gasteiger partial charge < -0.3 is 19.9 Å². The number of benzene rings is 1. The summed E-state index contributed by atoms with van der Waals surface area (Å²) < 4.78 is 11.8. The highest BCUT2D eigenvalue weighted by molar-refractivity contribution is 6.42.